The minimum absolute atomic E-state index is 0.0215. The molecule has 4 heteroatoms. The van der Waals surface area contributed by atoms with Gasteiger partial charge in [0.1, 0.15) is 0 Å². The average Bonchev–Trinajstić information content (AvgIpc) is 2.16. The van der Waals surface area contributed by atoms with E-state index < -0.39 is 0 Å². The molecule has 15 heavy (non-hydrogen) atoms. The summed E-state index contributed by atoms with van der Waals surface area (Å²) in [5.74, 6) is 0.983. The van der Waals surface area contributed by atoms with E-state index in [9.17, 15) is 0 Å². The molecule has 0 bridgehead atoms. The Morgan fingerprint density at radius 2 is 2.00 bits per heavy atom. The lowest BCUT2D eigenvalue weighted by molar-refractivity contribution is 0.281. The standard InChI is InChI=1S/C11H19N3O/c1-7(2)10-5-8(3)12-11(14-10)13-9(4)6-15/h5,7,9,15H,6H2,1-4H3,(H,12,13,14)/t9-/m1/s1. The molecule has 0 aromatic carbocycles. The second-order valence-corrected chi connectivity index (χ2v) is 4.14. The molecule has 0 spiro atoms. The predicted molar refractivity (Wildman–Crippen MR) is 61.0 cm³/mol. The summed E-state index contributed by atoms with van der Waals surface area (Å²) in [4.78, 5) is 8.66. The van der Waals surface area contributed by atoms with Gasteiger partial charge in [-0.2, -0.15) is 0 Å². The number of nitrogens with one attached hydrogen (secondary N) is 1. The first-order chi connectivity index (χ1) is 7.02. The molecular formula is C11H19N3O. The number of aryl methyl sites for hydroxylation is 1. The minimum atomic E-state index is -0.0215. The van der Waals surface area contributed by atoms with Crippen molar-refractivity contribution >= 4 is 5.95 Å². The van der Waals surface area contributed by atoms with Crippen LogP contribution in [-0.4, -0.2) is 27.7 Å². The van der Waals surface area contributed by atoms with Crippen molar-refractivity contribution in [3.63, 3.8) is 0 Å². The molecule has 0 aliphatic rings. The number of nitrogens with zero attached hydrogens (tertiary/aromatic N) is 2. The van der Waals surface area contributed by atoms with E-state index in [0.29, 0.717) is 11.9 Å². The molecule has 0 saturated heterocycles. The Morgan fingerprint density at radius 1 is 1.33 bits per heavy atom. The van der Waals surface area contributed by atoms with Gasteiger partial charge in [-0.1, -0.05) is 13.8 Å². The molecule has 0 fully saturated rings. The molecule has 0 aliphatic carbocycles. The lowest BCUT2D eigenvalue weighted by atomic mass is 10.1. The van der Waals surface area contributed by atoms with E-state index in [1.807, 2.05) is 19.9 Å². The van der Waals surface area contributed by atoms with Gasteiger partial charge in [-0.15, -0.1) is 0 Å². The molecule has 4 nitrogen and oxygen atoms in total. The van der Waals surface area contributed by atoms with Gasteiger partial charge >= 0.3 is 0 Å². The molecule has 1 aromatic rings. The number of aromatic nitrogens is 2. The van der Waals surface area contributed by atoms with Gasteiger partial charge in [0, 0.05) is 17.4 Å². The Hall–Kier alpha value is -1.16. The molecule has 0 radical (unpaired) electrons. The highest BCUT2D eigenvalue weighted by atomic mass is 16.3. The maximum absolute atomic E-state index is 8.93. The van der Waals surface area contributed by atoms with Crippen LogP contribution >= 0.6 is 0 Å². The number of rotatable bonds is 4. The predicted octanol–water partition coefficient (Wildman–Crippen LogP) is 1.70. The van der Waals surface area contributed by atoms with Crippen molar-refractivity contribution in [2.75, 3.05) is 11.9 Å². The molecule has 84 valence electrons. The molecule has 0 unspecified atom stereocenters. The topological polar surface area (TPSA) is 58.0 Å². The number of hydrogen-bond acceptors (Lipinski definition) is 4. The van der Waals surface area contributed by atoms with Crippen LogP contribution in [-0.2, 0) is 0 Å². The lowest BCUT2D eigenvalue weighted by Crippen LogP contribution is -2.21. The van der Waals surface area contributed by atoms with Crippen LogP contribution in [0, 0.1) is 6.92 Å². The molecule has 0 saturated carbocycles. The summed E-state index contributed by atoms with van der Waals surface area (Å²) in [6, 6.07) is 1.96. The first-order valence-electron chi connectivity index (χ1n) is 5.26. The fourth-order valence-electron chi connectivity index (χ4n) is 1.22. The van der Waals surface area contributed by atoms with Crippen molar-refractivity contribution in [2.24, 2.45) is 0 Å². The van der Waals surface area contributed by atoms with Gasteiger partial charge < -0.3 is 10.4 Å². The number of anilines is 1. The zero-order valence-electron chi connectivity index (χ0n) is 9.78. The highest BCUT2D eigenvalue weighted by Crippen LogP contribution is 2.14. The van der Waals surface area contributed by atoms with E-state index in [-0.39, 0.29) is 12.6 Å². The van der Waals surface area contributed by atoms with Crippen LogP contribution < -0.4 is 5.32 Å². The quantitative estimate of drug-likeness (QED) is 0.792. The summed E-state index contributed by atoms with van der Waals surface area (Å²) >= 11 is 0. The van der Waals surface area contributed by atoms with Crippen LogP contribution in [0.5, 0.6) is 0 Å². The summed E-state index contributed by atoms with van der Waals surface area (Å²) in [7, 11) is 0. The van der Waals surface area contributed by atoms with Gasteiger partial charge in [-0.25, -0.2) is 9.97 Å². The summed E-state index contributed by atoms with van der Waals surface area (Å²) < 4.78 is 0. The fourth-order valence-corrected chi connectivity index (χ4v) is 1.22. The van der Waals surface area contributed by atoms with Crippen LogP contribution in [0.4, 0.5) is 5.95 Å². The van der Waals surface area contributed by atoms with Crippen molar-refractivity contribution in [2.45, 2.75) is 39.7 Å². The average molecular weight is 209 g/mol. The Morgan fingerprint density at radius 3 is 2.53 bits per heavy atom. The SMILES string of the molecule is Cc1cc(C(C)C)nc(N[C@H](C)CO)n1. The molecule has 0 aliphatic heterocycles. The van der Waals surface area contributed by atoms with Gasteiger partial charge in [0.05, 0.1) is 6.61 Å². The van der Waals surface area contributed by atoms with Gasteiger partial charge in [0.2, 0.25) is 5.95 Å². The zero-order chi connectivity index (χ0) is 11.4. The summed E-state index contributed by atoms with van der Waals surface area (Å²) in [5, 5.41) is 12.0. The Labute approximate surface area is 90.8 Å². The van der Waals surface area contributed by atoms with Crippen molar-refractivity contribution in [1.82, 2.24) is 9.97 Å². The van der Waals surface area contributed by atoms with E-state index in [4.69, 9.17) is 5.11 Å². The van der Waals surface area contributed by atoms with E-state index in [0.717, 1.165) is 11.4 Å². The van der Waals surface area contributed by atoms with E-state index >= 15 is 0 Å². The maximum atomic E-state index is 8.93. The van der Waals surface area contributed by atoms with Gasteiger partial charge in [-0.05, 0) is 25.8 Å². The molecule has 2 N–H and O–H groups in total. The Kier molecular flexibility index (Phi) is 4.03. The van der Waals surface area contributed by atoms with Crippen LogP contribution in [0.3, 0.4) is 0 Å². The highest BCUT2D eigenvalue weighted by Gasteiger charge is 2.07. The normalized spacial score (nSPS) is 12.9. The fraction of sp³-hybridized carbons (Fsp3) is 0.636. The van der Waals surface area contributed by atoms with Crippen molar-refractivity contribution in [1.29, 1.82) is 0 Å². The van der Waals surface area contributed by atoms with Crippen molar-refractivity contribution in [3.05, 3.63) is 17.5 Å². The Bertz CT molecular complexity index is 326. The maximum Gasteiger partial charge on any atom is 0.223 e. The van der Waals surface area contributed by atoms with Gasteiger partial charge in [0.15, 0.2) is 0 Å². The number of hydrogen-bond donors (Lipinski definition) is 2. The summed E-state index contributed by atoms with van der Waals surface area (Å²) in [6.07, 6.45) is 0. The summed E-state index contributed by atoms with van der Waals surface area (Å²) in [5.41, 5.74) is 1.97. The molecule has 1 atom stereocenters. The number of aliphatic hydroxyl groups excluding tert-OH is 1. The third-order valence-corrected chi connectivity index (χ3v) is 2.11. The third kappa shape index (κ3) is 3.47. The zero-order valence-corrected chi connectivity index (χ0v) is 9.78. The van der Waals surface area contributed by atoms with Crippen LogP contribution in [0.15, 0.2) is 6.07 Å². The van der Waals surface area contributed by atoms with Crippen molar-refractivity contribution < 1.29 is 5.11 Å². The largest absolute Gasteiger partial charge is 0.394 e. The first-order valence-corrected chi connectivity index (χ1v) is 5.26. The second-order valence-electron chi connectivity index (χ2n) is 4.14. The third-order valence-electron chi connectivity index (χ3n) is 2.11. The summed E-state index contributed by atoms with van der Waals surface area (Å²) in [6.45, 7) is 8.11. The minimum Gasteiger partial charge on any atom is -0.394 e. The molecule has 1 aromatic heterocycles. The van der Waals surface area contributed by atoms with Crippen LogP contribution in [0.1, 0.15) is 38.1 Å². The first kappa shape index (κ1) is 11.9. The van der Waals surface area contributed by atoms with Crippen molar-refractivity contribution in [3.8, 4) is 0 Å². The monoisotopic (exact) mass is 209 g/mol. The van der Waals surface area contributed by atoms with E-state index in [1.165, 1.54) is 0 Å². The van der Waals surface area contributed by atoms with E-state index in [1.54, 1.807) is 0 Å². The molecule has 1 rings (SSSR count). The number of aliphatic hydroxyl groups is 1. The van der Waals surface area contributed by atoms with E-state index in [2.05, 4.69) is 29.1 Å². The molecule has 0 amide bonds. The van der Waals surface area contributed by atoms with Crippen LogP contribution in [0.2, 0.25) is 0 Å². The van der Waals surface area contributed by atoms with Crippen LogP contribution in [0.25, 0.3) is 0 Å². The highest BCUT2D eigenvalue weighted by molar-refractivity contribution is 5.30. The second kappa shape index (κ2) is 5.07. The van der Waals surface area contributed by atoms with Gasteiger partial charge in [0.25, 0.3) is 0 Å². The Balaban J connectivity index is 2.88. The molecular weight excluding hydrogens is 190 g/mol. The smallest absolute Gasteiger partial charge is 0.223 e. The lowest BCUT2D eigenvalue weighted by Gasteiger charge is -2.13. The molecule has 1 heterocycles. The van der Waals surface area contributed by atoms with Gasteiger partial charge in [-0.3, -0.25) is 0 Å².